The third-order valence-electron chi connectivity index (χ3n) is 17.0. The molecule has 9 atom stereocenters. The minimum Gasteiger partial charge on any atom is -0.724 e. The normalized spacial score (nSPS) is 20.0. The van der Waals surface area contributed by atoms with E-state index in [4.69, 9.17) is 61.5 Å². The lowest BCUT2D eigenvalue weighted by Crippen LogP contribution is -2.74. The average molecular weight is 1540 g/mol. The van der Waals surface area contributed by atoms with Crippen molar-refractivity contribution in [1.29, 1.82) is 0 Å². The number of carboxylic acids is 1. The number of esters is 2. The minimum absolute atomic E-state index is 0. The Morgan fingerprint density at radius 1 is 0.592 bits per heavy atom. The molecule has 600 valence electrons. The van der Waals surface area contributed by atoms with Crippen LogP contribution in [-0.2, 0) is 100 Å². The third kappa shape index (κ3) is 35.2. The number of aliphatic carboxylic acids is 1. The van der Waals surface area contributed by atoms with Crippen molar-refractivity contribution >= 4 is 80.6 Å². The maximum Gasteiger partial charge on any atom is 0.418 e. The molecule has 14 N–H and O–H groups in total. The summed E-state index contributed by atoms with van der Waals surface area (Å²) >= 11 is 0. The summed E-state index contributed by atoms with van der Waals surface area (Å²) in [6, 6.07) is 17.7. The summed E-state index contributed by atoms with van der Waals surface area (Å²) in [7, 11) is -7.00. The van der Waals surface area contributed by atoms with Crippen LogP contribution in [0.15, 0.2) is 60.7 Å². The third-order valence-corrected chi connectivity index (χ3v) is 17.6. The predicted molar refractivity (Wildman–Crippen MR) is 375 cm³/mol. The van der Waals surface area contributed by atoms with Crippen LogP contribution in [0, 0.1) is 41.4 Å². The Kier molecular flexibility index (Phi) is 45.7. The van der Waals surface area contributed by atoms with Gasteiger partial charge < -0.3 is 61.2 Å². The van der Waals surface area contributed by atoms with Crippen LogP contribution in [0.5, 0.6) is 0 Å². The molecular formula is C65H117ClN7O28S2-. The molecule has 0 aliphatic carbocycles. The molecule has 0 saturated carbocycles. The zero-order chi connectivity index (χ0) is 80.3. The molecule has 0 unspecified atom stereocenters. The van der Waals surface area contributed by atoms with Gasteiger partial charge in [0.2, 0.25) is 16.3 Å². The lowest BCUT2D eigenvalue weighted by atomic mass is 9.80. The van der Waals surface area contributed by atoms with Crippen LogP contribution in [0.3, 0.4) is 0 Å². The summed E-state index contributed by atoms with van der Waals surface area (Å²) < 4.78 is 75.9. The summed E-state index contributed by atoms with van der Waals surface area (Å²) in [4.78, 5) is 97.3. The van der Waals surface area contributed by atoms with Gasteiger partial charge >= 0.3 is 28.3 Å². The number of nitrogens with zero attached hydrogens (tertiary/aromatic N) is 4. The fourth-order valence-electron chi connectivity index (χ4n) is 7.00. The van der Waals surface area contributed by atoms with Crippen molar-refractivity contribution in [1.82, 2.24) is 25.7 Å². The van der Waals surface area contributed by atoms with Gasteiger partial charge in [-0.05, 0) is 122 Å². The van der Waals surface area contributed by atoms with Crippen molar-refractivity contribution in [2.24, 2.45) is 52.9 Å². The first-order valence-electron chi connectivity index (χ1n) is 31.4. The number of hydrogen-bond donors (Lipinski definition) is 12. The van der Waals surface area contributed by atoms with Crippen LogP contribution in [0.2, 0.25) is 0 Å². The number of aliphatic hydroxyl groups is 6. The van der Waals surface area contributed by atoms with Crippen molar-refractivity contribution < 1.29 is 133 Å². The van der Waals surface area contributed by atoms with Gasteiger partial charge in [-0.15, -0.1) is 16.7 Å². The number of hydrogen-bond acceptors (Lipinski definition) is 28. The summed E-state index contributed by atoms with van der Waals surface area (Å²) in [5.74, 6) is -5.54. The topological polar surface area (TPSA) is 542 Å². The van der Waals surface area contributed by atoms with E-state index in [2.05, 4.69) is 23.5 Å². The molecule has 38 heteroatoms. The molecule has 6 rings (SSSR count). The van der Waals surface area contributed by atoms with Gasteiger partial charge in [0.05, 0.1) is 109 Å². The van der Waals surface area contributed by atoms with Gasteiger partial charge in [0.15, 0.2) is 0 Å². The van der Waals surface area contributed by atoms with Crippen molar-refractivity contribution in [2.45, 2.75) is 217 Å². The molecule has 0 radical (unpaired) electrons. The molecular weight excluding hydrogens is 1430 g/mol. The average Bonchev–Trinajstić information content (AvgIpc) is 0.768. The minimum atomic E-state index is -4.86. The molecule has 35 nitrogen and oxygen atoms in total. The van der Waals surface area contributed by atoms with Gasteiger partial charge in [-0.25, -0.2) is 24.0 Å². The number of nitrogens with two attached hydrogens (primary N) is 2. The largest absolute Gasteiger partial charge is 0.724 e. The van der Waals surface area contributed by atoms with Gasteiger partial charge in [-0.1, -0.05) is 103 Å². The van der Waals surface area contributed by atoms with E-state index in [1.165, 1.54) is 53.9 Å². The van der Waals surface area contributed by atoms with Gasteiger partial charge in [0, 0.05) is 12.5 Å². The Labute approximate surface area is 612 Å². The van der Waals surface area contributed by atoms with E-state index < -0.39 is 96.4 Å². The van der Waals surface area contributed by atoms with Crippen molar-refractivity contribution in [3.63, 3.8) is 0 Å². The van der Waals surface area contributed by atoms with E-state index in [1.54, 1.807) is 69.2 Å². The van der Waals surface area contributed by atoms with Gasteiger partial charge in [-0.3, -0.25) is 57.8 Å². The predicted octanol–water partition coefficient (Wildman–Crippen LogP) is 3.14. The number of carboxylic acid groups (broad SMARTS) is 1. The van der Waals surface area contributed by atoms with Crippen molar-refractivity contribution in [2.75, 3.05) is 34.0 Å². The highest BCUT2D eigenvalue weighted by atomic mass is 35.5. The first kappa shape index (κ1) is 105. The van der Waals surface area contributed by atoms with E-state index in [1.807, 2.05) is 102 Å². The molecule has 0 aromatic heterocycles. The summed E-state index contributed by atoms with van der Waals surface area (Å²) in [6.45, 7) is 35.7. The van der Waals surface area contributed by atoms with E-state index in [-0.39, 0.29) is 104 Å². The number of β-lactam (4-membered cyclic amide) rings is 4. The Morgan fingerprint density at radius 3 is 1.21 bits per heavy atom. The fourth-order valence-corrected chi connectivity index (χ4v) is 7.90. The Morgan fingerprint density at radius 2 is 0.971 bits per heavy atom. The van der Waals surface area contributed by atoms with E-state index in [9.17, 15) is 64.9 Å². The van der Waals surface area contributed by atoms with Crippen LogP contribution < -0.4 is 16.9 Å². The lowest BCUT2D eigenvalue weighted by Gasteiger charge is -2.50. The quantitative estimate of drug-likeness (QED) is 0.0226. The molecule has 0 spiro atoms. The van der Waals surface area contributed by atoms with Crippen LogP contribution in [-0.4, -0.2) is 220 Å². The maximum absolute atomic E-state index is 11.6. The number of hydroxylamine groups is 9. The molecule has 5 amide bonds. The highest BCUT2D eigenvalue weighted by Crippen LogP contribution is 2.39. The molecule has 4 aliphatic rings. The zero-order valence-electron chi connectivity index (χ0n) is 62.5. The van der Waals surface area contributed by atoms with Crippen LogP contribution in [0.4, 0.5) is 0 Å². The number of benzene rings is 2. The summed E-state index contributed by atoms with van der Waals surface area (Å²) in [5, 5.41) is 73.6. The van der Waals surface area contributed by atoms with E-state index >= 15 is 0 Å². The first-order chi connectivity index (χ1) is 45.5. The second kappa shape index (κ2) is 44.7. The summed E-state index contributed by atoms with van der Waals surface area (Å²) in [6.07, 6.45) is 0. The fraction of sp³-hybridized carbons (Fsp3) is 0.692. The van der Waals surface area contributed by atoms with Gasteiger partial charge in [-0.2, -0.15) is 22.8 Å². The van der Waals surface area contributed by atoms with Crippen molar-refractivity contribution in [3.05, 3.63) is 71.8 Å². The number of carbonyl (C=O) groups is 8. The molecule has 2 aromatic rings. The second-order valence-electron chi connectivity index (χ2n) is 27.5. The molecule has 4 heterocycles. The lowest BCUT2D eigenvalue weighted by molar-refractivity contribution is -0.270. The number of methoxy groups -OCH3 is 2. The Balaban J connectivity index is -0.000000354. The first-order valence-corrected chi connectivity index (χ1v) is 34.1. The molecule has 103 heavy (non-hydrogen) atoms. The number of halogens is 1. The molecule has 0 bridgehead atoms. The standard InChI is InChI=1S/C13H19NO3.C13H17NO2.C6H11NO5S.C6H11NO2.C6H12O3.C6H14O2.C5H10N2O5S.C5H10O3.C4H9NO3.CH4.ClH/c1-10(13(2,3)16)12(15)14-17-9-11-7-5-4-6-8-11;1-10-12(15)14(13(10,2)3)16-9-11-7-5-4-6-8-11;1-4-5(8)7(6(4,2)3)12-13(9,10)11;1-4-5(8)7(9)6(4,2)3;1-4(5(7)8)6(2,3)9;1-5(4-7)6(2,3)8;1-5(2)3(6)4(8)7(5)12-13(9,10)11;1-4(3-6)5(7)8-2;1-8-4(7)3(5)2-6;;/h4-8,10,16H,9H2,1-3H3,(H,14,15);4-8,10H,9H2,1-3H3;4H,1-3H3,(H,9,10,11);4,9H,1-3H3;4,9H,1-3H3,(H,7,8);5,7-8H,4H2,1-3H3;3H,6H2,1-2H3,(H,9,10,11);4,6H,3H2,1-2H3;3,6H,2,5H2,1H3;1H4;1H/p-1/t2*10-;3*4-;5-;3-;4-;3-;;/m111111111../s1. The number of amides is 5. The highest BCUT2D eigenvalue weighted by molar-refractivity contribution is 7.81. The smallest absolute Gasteiger partial charge is 0.418 e. The van der Waals surface area contributed by atoms with Crippen LogP contribution >= 0.6 is 12.4 Å². The number of rotatable bonds is 20. The summed E-state index contributed by atoms with van der Waals surface area (Å²) in [5.41, 5.74) is 9.63. The zero-order valence-corrected chi connectivity index (χ0v) is 64.9. The number of carbonyl (C=O) groups excluding carboxylic acids is 7. The highest BCUT2D eigenvalue weighted by Gasteiger charge is 2.56. The second-order valence-corrected chi connectivity index (χ2v) is 29.5. The number of aliphatic hydroxyl groups excluding tert-OH is 3. The van der Waals surface area contributed by atoms with Gasteiger partial charge in [0.1, 0.15) is 18.7 Å². The SMILES string of the molecule is C.CC1(C)[C@H](N)C(=O)N1OS(=O)(=O)O.COC(=O)[C@H](C)CO.COC(=O)[C@H](N)CO.C[C@@H]1C(=O)N(O)C1(C)C.C[C@@H]1C(=O)N(OCc2ccccc2)C1(C)C.C[C@@H]1C(=O)N(OS(=O)(=O)[O-])C1(C)C.C[C@H](C(=O)NOCc1ccccc1)C(C)(C)O.C[C@H](C(=O)O)C(C)(C)O.C[C@H](CO)C(C)(C)O.Cl. The maximum atomic E-state index is 11.6. The van der Waals surface area contributed by atoms with Crippen molar-refractivity contribution in [3.8, 4) is 0 Å². The Hall–Kier alpha value is -6.21. The van der Waals surface area contributed by atoms with Crippen LogP contribution in [0.25, 0.3) is 0 Å². The molecule has 4 fully saturated rings. The van der Waals surface area contributed by atoms with E-state index in [0.717, 1.165) is 16.2 Å². The van der Waals surface area contributed by atoms with Crippen LogP contribution in [0.1, 0.15) is 164 Å². The molecule has 4 aliphatic heterocycles. The van der Waals surface area contributed by atoms with Gasteiger partial charge in [0.25, 0.3) is 23.6 Å². The molecule has 2 aromatic carbocycles. The van der Waals surface area contributed by atoms with E-state index in [0.29, 0.717) is 23.3 Å². The molecule has 4 saturated heterocycles. The number of ether oxygens (including phenoxy) is 2. The Bertz CT molecular complexity index is 3060. The number of nitrogens with one attached hydrogen (secondary N) is 1. The monoisotopic (exact) mass is 1540 g/mol.